The molecule has 0 heterocycles. The van der Waals surface area contributed by atoms with Gasteiger partial charge < -0.3 is 9.84 Å². The molecule has 0 atom stereocenters. The van der Waals surface area contributed by atoms with Gasteiger partial charge in [0.2, 0.25) is 0 Å². The van der Waals surface area contributed by atoms with Crippen LogP contribution in [0.4, 0.5) is 0 Å². The van der Waals surface area contributed by atoms with Crippen LogP contribution in [0.3, 0.4) is 0 Å². The number of hydrogen-bond acceptors (Lipinski definition) is 3. The molecular weight excluding hydrogens is 236 g/mol. The molecule has 0 aliphatic heterocycles. The maximum Gasteiger partial charge on any atom is 0.330 e. The van der Waals surface area contributed by atoms with Gasteiger partial charge in [0.25, 0.3) is 0 Å². The number of rotatable bonds is 8. The highest BCUT2D eigenvalue weighted by Gasteiger charge is 2.26. The van der Waals surface area contributed by atoms with Crippen molar-refractivity contribution in [1.82, 2.24) is 0 Å². The Morgan fingerprint density at radius 2 is 1.65 bits per heavy atom. The smallest absolute Gasteiger partial charge is 0.330 e. The first-order valence-corrected chi connectivity index (χ1v) is 8.90. The van der Waals surface area contributed by atoms with E-state index in [1.54, 1.807) is 0 Å². The van der Waals surface area contributed by atoms with Crippen molar-refractivity contribution in [1.29, 1.82) is 0 Å². The van der Waals surface area contributed by atoms with Crippen LogP contribution in [0.2, 0.25) is 24.2 Å². The van der Waals surface area contributed by atoms with Gasteiger partial charge >= 0.3 is 11.9 Å². The van der Waals surface area contributed by atoms with Crippen LogP contribution in [-0.4, -0.2) is 31.7 Å². The molecule has 0 fully saturated rings. The fourth-order valence-corrected chi connectivity index (χ4v) is 4.93. The van der Waals surface area contributed by atoms with Crippen LogP contribution >= 0.6 is 0 Å². The Morgan fingerprint density at radius 3 is 2.06 bits per heavy atom. The Kier molecular flexibility index (Phi) is 7.53. The fraction of sp³-hybridized carbons (Fsp3) is 0.667. The summed E-state index contributed by atoms with van der Waals surface area (Å²) in [6.07, 6.45) is 1.75. The van der Waals surface area contributed by atoms with Crippen molar-refractivity contribution in [3.8, 4) is 0 Å². The third-order valence-electron chi connectivity index (χ3n) is 3.49. The highest BCUT2D eigenvalue weighted by molar-refractivity contribution is 6.79. The van der Waals surface area contributed by atoms with E-state index in [9.17, 15) is 9.59 Å². The molecule has 98 valence electrons. The summed E-state index contributed by atoms with van der Waals surface area (Å²) in [4.78, 5) is 21.3. The van der Waals surface area contributed by atoms with Crippen LogP contribution in [0.1, 0.15) is 20.8 Å². The molecule has 4 nitrogen and oxygen atoms in total. The number of hydrogen-bond donors (Lipinski definition) is 1. The first kappa shape index (κ1) is 15.9. The quantitative estimate of drug-likeness (QED) is 0.413. The second kappa shape index (κ2) is 8.06. The first-order valence-electron chi connectivity index (χ1n) is 6.07. The summed E-state index contributed by atoms with van der Waals surface area (Å²) in [6.45, 7) is 7.01. The molecule has 0 amide bonds. The maximum absolute atomic E-state index is 11.1. The summed E-state index contributed by atoms with van der Waals surface area (Å²) < 4.78 is 5.00. The summed E-state index contributed by atoms with van der Waals surface area (Å²) in [6, 6.07) is 4.55. The van der Waals surface area contributed by atoms with Gasteiger partial charge in [0.05, 0.1) is 14.7 Å². The van der Waals surface area contributed by atoms with E-state index in [1.165, 1.54) is 18.1 Å². The van der Waals surface area contributed by atoms with Gasteiger partial charge in [-0.3, -0.25) is 0 Å². The lowest BCUT2D eigenvalue weighted by molar-refractivity contribution is -0.138. The molecule has 0 saturated carbocycles. The average Bonchev–Trinajstić information content (AvgIpc) is 2.33. The van der Waals surface area contributed by atoms with E-state index in [1.807, 2.05) is 0 Å². The Bertz CT molecular complexity index is 274. The monoisotopic (exact) mass is 258 g/mol. The van der Waals surface area contributed by atoms with Gasteiger partial charge in [-0.2, -0.15) is 0 Å². The van der Waals surface area contributed by atoms with Gasteiger partial charge in [-0.25, -0.2) is 9.59 Å². The lowest BCUT2D eigenvalue weighted by Crippen LogP contribution is -2.32. The van der Waals surface area contributed by atoms with Crippen LogP contribution in [0.25, 0.3) is 0 Å². The van der Waals surface area contributed by atoms with E-state index in [-0.39, 0.29) is 0 Å². The van der Waals surface area contributed by atoms with Crippen molar-refractivity contribution in [3.63, 3.8) is 0 Å². The Morgan fingerprint density at radius 1 is 1.12 bits per heavy atom. The van der Waals surface area contributed by atoms with Crippen LogP contribution in [0, 0.1) is 0 Å². The SMILES string of the molecule is CC[Si](CC)(CC)CCOC(=O)/C=C\C(=O)O. The van der Waals surface area contributed by atoms with Crippen molar-refractivity contribution < 1.29 is 19.4 Å². The van der Waals surface area contributed by atoms with Crippen molar-refractivity contribution in [2.24, 2.45) is 0 Å². The molecule has 1 N–H and O–H groups in total. The molecule has 0 radical (unpaired) electrons. The highest BCUT2D eigenvalue weighted by Crippen LogP contribution is 2.24. The summed E-state index contributed by atoms with van der Waals surface area (Å²) in [5, 5.41) is 8.34. The summed E-state index contributed by atoms with van der Waals surface area (Å²) >= 11 is 0. The minimum absolute atomic E-state index is 0.407. The molecule has 0 spiro atoms. The zero-order valence-electron chi connectivity index (χ0n) is 10.9. The maximum atomic E-state index is 11.1. The number of ether oxygens (including phenoxy) is 1. The molecule has 0 aromatic heterocycles. The minimum atomic E-state index is -1.25. The molecule has 0 rings (SSSR count). The third-order valence-corrected chi connectivity index (χ3v) is 9.25. The molecule has 0 aromatic rings. The zero-order chi connectivity index (χ0) is 13.3. The molecule has 0 aliphatic rings. The minimum Gasteiger partial charge on any atom is -0.478 e. The van der Waals surface area contributed by atoms with Gasteiger partial charge in [-0.05, 0) is 6.04 Å². The van der Waals surface area contributed by atoms with E-state index in [0.717, 1.165) is 18.2 Å². The van der Waals surface area contributed by atoms with E-state index in [4.69, 9.17) is 9.84 Å². The van der Waals surface area contributed by atoms with Gasteiger partial charge in [-0.15, -0.1) is 0 Å². The van der Waals surface area contributed by atoms with Crippen molar-refractivity contribution >= 4 is 20.0 Å². The number of carbonyl (C=O) groups is 2. The van der Waals surface area contributed by atoms with Crippen molar-refractivity contribution in [3.05, 3.63) is 12.2 Å². The normalized spacial score (nSPS) is 11.7. The molecule has 0 saturated heterocycles. The van der Waals surface area contributed by atoms with Crippen LogP contribution in [0.15, 0.2) is 12.2 Å². The molecule has 0 aliphatic carbocycles. The predicted molar refractivity (Wildman–Crippen MR) is 69.7 cm³/mol. The van der Waals surface area contributed by atoms with E-state index in [0.29, 0.717) is 6.61 Å². The van der Waals surface area contributed by atoms with Crippen LogP contribution in [-0.2, 0) is 14.3 Å². The third kappa shape index (κ3) is 6.26. The van der Waals surface area contributed by atoms with E-state index in [2.05, 4.69) is 20.8 Å². The van der Waals surface area contributed by atoms with E-state index >= 15 is 0 Å². The zero-order valence-corrected chi connectivity index (χ0v) is 11.9. The molecular formula is C12H22O4Si. The van der Waals surface area contributed by atoms with Crippen LogP contribution < -0.4 is 0 Å². The lowest BCUT2D eigenvalue weighted by Gasteiger charge is -2.27. The van der Waals surface area contributed by atoms with Gasteiger partial charge in [0.15, 0.2) is 0 Å². The molecule has 0 unspecified atom stereocenters. The lowest BCUT2D eigenvalue weighted by atomic mass is 10.5. The number of carboxylic acids is 1. The molecule has 5 heteroatoms. The first-order chi connectivity index (χ1) is 7.99. The second-order valence-corrected chi connectivity index (χ2v) is 9.77. The highest BCUT2D eigenvalue weighted by atomic mass is 28.3. The molecule has 0 bridgehead atoms. The molecule has 0 aromatic carbocycles. The number of carboxylic acid groups (broad SMARTS) is 1. The standard InChI is InChI=1S/C12H22O4Si/c1-4-17(5-2,6-3)10-9-16-12(15)8-7-11(13)14/h7-8H,4-6,9-10H2,1-3H3,(H,13,14)/b8-7-. The van der Waals surface area contributed by atoms with Crippen LogP contribution in [0.5, 0.6) is 0 Å². The summed E-state index contributed by atoms with van der Waals surface area (Å²) in [7, 11) is -1.25. The number of aliphatic carboxylic acids is 1. The Hall–Kier alpha value is -1.10. The van der Waals surface area contributed by atoms with Crippen molar-refractivity contribution in [2.75, 3.05) is 6.61 Å². The number of esters is 1. The van der Waals surface area contributed by atoms with Gasteiger partial charge in [0.1, 0.15) is 0 Å². The number of carbonyl (C=O) groups excluding carboxylic acids is 1. The summed E-state index contributed by atoms with van der Waals surface area (Å²) in [5.41, 5.74) is 0. The Labute approximate surface area is 104 Å². The van der Waals surface area contributed by atoms with Gasteiger partial charge in [0, 0.05) is 12.2 Å². The van der Waals surface area contributed by atoms with Crippen molar-refractivity contribution in [2.45, 2.75) is 44.9 Å². The van der Waals surface area contributed by atoms with Gasteiger partial charge in [-0.1, -0.05) is 38.9 Å². The summed E-state index contributed by atoms with van der Waals surface area (Å²) in [5.74, 6) is -1.71. The topological polar surface area (TPSA) is 63.6 Å². The average molecular weight is 258 g/mol. The largest absolute Gasteiger partial charge is 0.478 e. The predicted octanol–water partition coefficient (Wildman–Crippen LogP) is 2.68. The molecule has 17 heavy (non-hydrogen) atoms. The van der Waals surface area contributed by atoms with E-state index < -0.39 is 20.0 Å². The Balaban J connectivity index is 4.05. The fourth-order valence-electron chi connectivity index (χ4n) is 1.84. The second-order valence-electron chi connectivity index (χ2n) is 4.15.